The molecule has 2 rings (SSSR count). The van der Waals surface area contributed by atoms with Crippen LogP contribution in [0.1, 0.15) is 15.9 Å². The number of hydrogen-bond acceptors (Lipinski definition) is 3. The van der Waals surface area contributed by atoms with Crippen molar-refractivity contribution in [2.75, 3.05) is 5.73 Å². The van der Waals surface area contributed by atoms with Crippen LogP contribution in [-0.4, -0.2) is 5.91 Å². The Morgan fingerprint density at radius 1 is 1.00 bits per heavy atom. The van der Waals surface area contributed by atoms with Crippen LogP contribution in [0.3, 0.4) is 0 Å². The SMILES string of the molecule is NC(=O)c1ccc(Oc2ccc(N)cc2)cc1C(F)(F)F. The summed E-state index contributed by atoms with van der Waals surface area (Å²) in [5.41, 5.74) is 9.20. The Labute approximate surface area is 118 Å². The first-order valence-corrected chi connectivity index (χ1v) is 5.82. The number of rotatable bonds is 3. The number of carbonyl (C=O) groups excluding carboxylic acids is 1. The second-order valence-corrected chi connectivity index (χ2v) is 4.24. The molecule has 0 heterocycles. The van der Waals surface area contributed by atoms with Crippen molar-refractivity contribution < 1.29 is 22.7 Å². The lowest BCUT2D eigenvalue weighted by Gasteiger charge is -2.13. The molecule has 2 aromatic carbocycles. The fourth-order valence-electron chi connectivity index (χ4n) is 1.71. The highest BCUT2D eigenvalue weighted by Crippen LogP contribution is 2.35. The molecule has 0 radical (unpaired) electrons. The van der Waals surface area contributed by atoms with Gasteiger partial charge in [-0.15, -0.1) is 0 Å². The number of hydrogen-bond donors (Lipinski definition) is 2. The Morgan fingerprint density at radius 3 is 2.10 bits per heavy atom. The van der Waals surface area contributed by atoms with Crippen LogP contribution in [0.4, 0.5) is 18.9 Å². The third-order valence-electron chi connectivity index (χ3n) is 2.68. The van der Waals surface area contributed by atoms with Crippen molar-refractivity contribution in [3.8, 4) is 11.5 Å². The molecule has 0 aliphatic rings. The highest BCUT2D eigenvalue weighted by Gasteiger charge is 2.35. The van der Waals surface area contributed by atoms with Gasteiger partial charge in [0.05, 0.1) is 11.1 Å². The normalized spacial score (nSPS) is 11.2. The molecule has 1 amide bonds. The van der Waals surface area contributed by atoms with E-state index in [2.05, 4.69) is 0 Å². The van der Waals surface area contributed by atoms with Crippen molar-refractivity contribution in [1.82, 2.24) is 0 Å². The molecule has 0 saturated heterocycles. The lowest BCUT2D eigenvalue weighted by Crippen LogP contribution is -2.18. The van der Waals surface area contributed by atoms with Gasteiger partial charge in [-0.05, 0) is 42.5 Å². The van der Waals surface area contributed by atoms with E-state index in [-0.39, 0.29) is 5.75 Å². The van der Waals surface area contributed by atoms with Crippen LogP contribution in [0.2, 0.25) is 0 Å². The second-order valence-electron chi connectivity index (χ2n) is 4.24. The molecular formula is C14H11F3N2O2. The zero-order valence-corrected chi connectivity index (χ0v) is 10.6. The van der Waals surface area contributed by atoms with Gasteiger partial charge in [0.2, 0.25) is 5.91 Å². The highest BCUT2D eigenvalue weighted by molar-refractivity contribution is 5.94. The van der Waals surface area contributed by atoms with E-state index in [1.165, 1.54) is 18.2 Å². The summed E-state index contributed by atoms with van der Waals surface area (Å²) in [4.78, 5) is 11.0. The van der Waals surface area contributed by atoms with E-state index in [9.17, 15) is 18.0 Å². The number of amides is 1. The summed E-state index contributed by atoms with van der Waals surface area (Å²) < 4.78 is 44.0. The van der Waals surface area contributed by atoms with E-state index in [0.29, 0.717) is 11.4 Å². The van der Waals surface area contributed by atoms with Crippen LogP contribution in [0, 0.1) is 0 Å². The van der Waals surface area contributed by atoms with Crippen LogP contribution in [0.5, 0.6) is 11.5 Å². The summed E-state index contributed by atoms with van der Waals surface area (Å²) in [6.07, 6.45) is -4.70. The molecule has 2 aromatic rings. The van der Waals surface area contributed by atoms with Crippen LogP contribution in [-0.2, 0) is 6.18 Å². The van der Waals surface area contributed by atoms with Crippen molar-refractivity contribution in [2.24, 2.45) is 5.73 Å². The predicted molar refractivity (Wildman–Crippen MR) is 70.9 cm³/mol. The van der Waals surface area contributed by atoms with E-state index in [1.807, 2.05) is 0 Å². The van der Waals surface area contributed by atoms with Gasteiger partial charge in [-0.2, -0.15) is 13.2 Å². The molecule has 0 atom stereocenters. The van der Waals surface area contributed by atoms with Gasteiger partial charge in [0.25, 0.3) is 0 Å². The molecule has 0 unspecified atom stereocenters. The van der Waals surface area contributed by atoms with Crippen molar-refractivity contribution in [3.05, 3.63) is 53.6 Å². The van der Waals surface area contributed by atoms with Crippen LogP contribution < -0.4 is 16.2 Å². The maximum Gasteiger partial charge on any atom is 0.417 e. The number of nitrogen functional groups attached to an aromatic ring is 1. The Kier molecular flexibility index (Phi) is 3.75. The zero-order chi connectivity index (χ0) is 15.6. The molecule has 0 saturated carbocycles. The molecule has 0 aromatic heterocycles. The average molecular weight is 296 g/mol. The van der Waals surface area contributed by atoms with Crippen molar-refractivity contribution in [1.29, 1.82) is 0 Å². The third kappa shape index (κ3) is 3.44. The minimum absolute atomic E-state index is 0.0582. The standard InChI is InChI=1S/C14H11F3N2O2/c15-14(16,17)12-7-10(5-6-11(12)13(19)20)21-9-3-1-8(18)2-4-9/h1-7H,18H2,(H2,19,20). The van der Waals surface area contributed by atoms with Gasteiger partial charge in [0, 0.05) is 5.69 Å². The highest BCUT2D eigenvalue weighted by atomic mass is 19.4. The molecule has 0 fully saturated rings. The third-order valence-corrected chi connectivity index (χ3v) is 2.68. The summed E-state index contributed by atoms with van der Waals surface area (Å²) in [6.45, 7) is 0. The molecule has 0 aliphatic heterocycles. The Hall–Kier alpha value is -2.70. The molecule has 7 heteroatoms. The molecule has 0 bridgehead atoms. The van der Waals surface area contributed by atoms with E-state index in [1.54, 1.807) is 12.1 Å². The number of benzene rings is 2. The summed E-state index contributed by atoms with van der Waals surface area (Å²) in [5.74, 6) is -0.886. The van der Waals surface area contributed by atoms with Crippen LogP contribution >= 0.6 is 0 Å². The van der Waals surface area contributed by atoms with E-state index in [4.69, 9.17) is 16.2 Å². The Morgan fingerprint density at radius 2 is 1.57 bits per heavy atom. The number of nitrogens with two attached hydrogens (primary N) is 2. The molecule has 0 aliphatic carbocycles. The van der Waals surface area contributed by atoms with E-state index < -0.39 is 23.2 Å². The topological polar surface area (TPSA) is 78.3 Å². The molecule has 4 N–H and O–H groups in total. The summed E-state index contributed by atoms with van der Waals surface area (Å²) in [7, 11) is 0. The van der Waals surface area contributed by atoms with Crippen molar-refractivity contribution in [3.63, 3.8) is 0 Å². The van der Waals surface area contributed by atoms with Gasteiger partial charge in [-0.3, -0.25) is 4.79 Å². The number of ether oxygens (including phenoxy) is 1. The zero-order valence-electron chi connectivity index (χ0n) is 10.6. The monoisotopic (exact) mass is 296 g/mol. The quantitative estimate of drug-likeness (QED) is 0.854. The maximum absolute atomic E-state index is 12.9. The lowest BCUT2D eigenvalue weighted by molar-refractivity contribution is -0.138. The molecule has 0 spiro atoms. The number of anilines is 1. The Balaban J connectivity index is 2.38. The van der Waals surface area contributed by atoms with Gasteiger partial charge in [0.15, 0.2) is 0 Å². The van der Waals surface area contributed by atoms with Crippen LogP contribution in [0.25, 0.3) is 0 Å². The second kappa shape index (κ2) is 5.35. The van der Waals surface area contributed by atoms with Crippen molar-refractivity contribution >= 4 is 11.6 Å². The number of alkyl halides is 3. The minimum Gasteiger partial charge on any atom is -0.457 e. The van der Waals surface area contributed by atoms with Gasteiger partial charge < -0.3 is 16.2 Å². The van der Waals surface area contributed by atoms with Gasteiger partial charge >= 0.3 is 6.18 Å². The first kappa shape index (κ1) is 14.7. The number of halogens is 3. The molecule has 4 nitrogen and oxygen atoms in total. The molecule has 110 valence electrons. The van der Waals surface area contributed by atoms with Gasteiger partial charge in [0.1, 0.15) is 11.5 Å². The molecule has 21 heavy (non-hydrogen) atoms. The minimum atomic E-state index is -4.70. The maximum atomic E-state index is 12.9. The smallest absolute Gasteiger partial charge is 0.417 e. The first-order valence-electron chi connectivity index (χ1n) is 5.82. The van der Waals surface area contributed by atoms with Gasteiger partial charge in [-0.1, -0.05) is 0 Å². The summed E-state index contributed by atoms with van der Waals surface area (Å²) in [6, 6.07) is 9.10. The van der Waals surface area contributed by atoms with Crippen LogP contribution in [0.15, 0.2) is 42.5 Å². The average Bonchev–Trinajstić information content (AvgIpc) is 2.40. The number of primary amides is 1. The number of carbonyl (C=O) groups is 1. The van der Waals surface area contributed by atoms with Crippen molar-refractivity contribution in [2.45, 2.75) is 6.18 Å². The lowest BCUT2D eigenvalue weighted by atomic mass is 10.1. The Bertz CT molecular complexity index is 667. The fourth-order valence-corrected chi connectivity index (χ4v) is 1.71. The molecular weight excluding hydrogens is 285 g/mol. The predicted octanol–water partition coefficient (Wildman–Crippen LogP) is 3.18. The summed E-state index contributed by atoms with van der Waals surface area (Å²) >= 11 is 0. The first-order chi connectivity index (χ1) is 9.77. The van der Waals surface area contributed by atoms with Gasteiger partial charge in [-0.25, -0.2) is 0 Å². The summed E-state index contributed by atoms with van der Waals surface area (Å²) in [5, 5.41) is 0. The van der Waals surface area contributed by atoms with E-state index >= 15 is 0 Å². The fraction of sp³-hybridized carbons (Fsp3) is 0.0714. The van der Waals surface area contributed by atoms with E-state index in [0.717, 1.165) is 12.1 Å². The largest absolute Gasteiger partial charge is 0.457 e.